The van der Waals surface area contributed by atoms with Crippen LogP contribution in [-0.4, -0.2) is 0 Å². The van der Waals surface area contributed by atoms with Gasteiger partial charge in [-0.25, -0.2) is 4.39 Å². The summed E-state index contributed by atoms with van der Waals surface area (Å²) < 4.78 is 14.2. The Morgan fingerprint density at radius 3 is 2.65 bits per heavy atom. The minimum Gasteiger partial charge on any atom is -0.207 e. The molecule has 3 heteroatoms. The molecule has 0 spiro atoms. The fraction of sp³-hybridized carbons (Fsp3) is 0.0588. The Labute approximate surface area is 130 Å². The van der Waals surface area contributed by atoms with Crippen LogP contribution in [0.2, 0.25) is 0 Å². The van der Waals surface area contributed by atoms with Crippen LogP contribution in [0.25, 0.3) is 10.8 Å². The molecule has 0 atom stereocenters. The lowest BCUT2D eigenvalue weighted by Crippen LogP contribution is -1.83. The summed E-state index contributed by atoms with van der Waals surface area (Å²) >= 11 is 5.28. The molecule has 0 aliphatic carbocycles. The van der Waals surface area contributed by atoms with Crippen molar-refractivity contribution in [3.8, 4) is 0 Å². The molecule has 0 nitrogen and oxygen atoms in total. The normalized spacial score (nSPS) is 10.9. The van der Waals surface area contributed by atoms with Crippen LogP contribution in [0.5, 0.6) is 0 Å². The second kappa shape index (κ2) is 5.98. The Kier molecular flexibility index (Phi) is 4.08. The predicted molar refractivity (Wildman–Crippen MR) is 87.6 cm³/mol. The summed E-state index contributed by atoms with van der Waals surface area (Å²) in [5.74, 6) is 0.600. The first kappa shape index (κ1) is 13.7. The number of rotatable bonds is 3. The molecule has 0 bridgehead atoms. The average molecular weight is 347 g/mol. The van der Waals surface area contributed by atoms with Crippen LogP contribution in [0.1, 0.15) is 5.56 Å². The van der Waals surface area contributed by atoms with Gasteiger partial charge in [0.2, 0.25) is 0 Å². The Morgan fingerprint density at radius 1 is 0.950 bits per heavy atom. The van der Waals surface area contributed by atoms with Gasteiger partial charge in [-0.1, -0.05) is 46.3 Å². The van der Waals surface area contributed by atoms with Crippen LogP contribution in [0.4, 0.5) is 4.39 Å². The van der Waals surface area contributed by atoms with Crippen LogP contribution >= 0.6 is 27.7 Å². The molecule has 0 aromatic heterocycles. The molecule has 0 saturated heterocycles. The van der Waals surface area contributed by atoms with Gasteiger partial charge in [-0.2, -0.15) is 0 Å². The lowest BCUT2D eigenvalue weighted by atomic mass is 10.1. The van der Waals surface area contributed by atoms with Crippen molar-refractivity contribution in [2.75, 3.05) is 0 Å². The summed E-state index contributed by atoms with van der Waals surface area (Å²) in [7, 11) is 0. The molecule has 100 valence electrons. The van der Waals surface area contributed by atoms with E-state index in [0.29, 0.717) is 0 Å². The second-order valence-corrected chi connectivity index (χ2v) is 6.44. The maximum absolute atomic E-state index is 13.1. The molecule has 0 radical (unpaired) electrons. The molecule has 0 aliphatic heterocycles. The molecule has 0 heterocycles. The monoisotopic (exact) mass is 346 g/mol. The lowest BCUT2D eigenvalue weighted by molar-refractivity contribution is 0.626. The van der Waals surface area contributed by atoms with Gasteiger partial charge in [-0.05, 0) is 46.7 Å². The summed E-state index contributed by atoms with van der Waals surface area (Å²) in [4.78, 5) is 1.19. The van der Waals surface area contributed by atoms with Gasteiger partial charge in [0.05, 0.1) is 0 Å². The van der Waals surface area contributed by atoms with Gasteiger partial charge in [-0.3, -0.25) is 0 Å². The quantitative estimate of drug-likeness (QED) is 0.521. The summed E-state index contributed by atoms with van der Waals surface area (Å²) in [5.41, 5.74) is 1.00. The van der Waals surface area contributed by atoms with Crippen LogP contribution < -0.4 is 0 Å². The molecular weight excluding hydrogens is 335 g/mol. The van der Waals surface area contributed by atoms with Gasteiger partial charge < -0.3 is 0 Å². The van der Waals surface area contributed by atoms with Crippen molar-refractivity contribution in [3.05, 3.63) is 76.5 Å². The summed E-state index contributed by atoms with van der Waals surface area (Å²) in [5, 5.41) is 2.42. The summed E-state index contributed by atoms with van der Waals surface area (Å²) in [6.07, 6.45) is 0. The van der Waals surface area contributed by atoms with Gasteiger partial charge >= 0.3 is 0 Å². The van der Waals surface area contributed by atoms with Gasteiger partial charge in [0, 0.05) is 15.1 Å². The van der Waals surface area contributed by atoms with Crippen molar-refractivity contribution in [2.24, 2.45) is 0 Å². The van der Waals surface area contributed by atoms with Crippen LogP contribution in [0.15, 0.2) is 70.0 Å². The van der Waals surface area contributed by atoms with Gasteiger partial charge in [0.25, 0.3) is 0 Å². The highest BCUT2D eigenvalue weighted by molar-refractivity contribution is 9.10. The highest BCUT2D eigenvalue weighted by Gasteiger charge is 2.02. The Hall–Kier alpha value is -1.32. The number of halogens is 2. The summed E-state index contributed by atoms with van der Waals surface area (Å²) in [6.45, 7) is 0. The number of hydrogen-bond donors (Lipinski definition) is 0. The lowest BCUT2D eigenvalue weighted by Gasteiger charge is -2.05. The molecule has 3 rings (SSSR count). The number of fused-ring (bicyclic) bond motifs is 1. The van der Waals surface area contributed by atoms with E-state index in [2.05, 4.69) is 40.2 Å². The number of benzene rings is 3. The first-order chi connectivity index (χ1) is 9.72. The maximum atomic E-state index is 13.1. The van der Waals surface area contributed by atoms with Crippen molar-refractivity contribution >= 4 is 38.5 Å². The summed E-state index contributed by atoms with van der Waals surface area (Å²) in [6, 6.07) is 19.3. The molecule has 0 N–H and O–H groups in total. The Bertz CT molecular complexity index is 755. The fourth-order valence-corrected chi connectivity index (χ4v) is 3.51. The van der Waals surface area contributed by atoms with Crippen molar-refractivity contribution in [1.82, 2.24) is 0 Å². The van der Waals surface area contributed by atoms with Crippen molar-refractivity contribution in [3.63, 3.8) is 0 Å². The third-order valence-electron chi connectivity index (χ3n) is 3.09. The molecule has 0 saturated carbocycles. The number of hydrogen-bond acceptors (Lipinski definition) is 1. The van der Waals surface area contributed by atoms with E-state index in [1.54, 1.807) is 23.9 Å². The van der Waals surface area contributed by atoms with E-state index in [1.165, 1.54) is 21.7 Å². The average Bonchev–Trinajstić information content (AvgIpc) is 2.45. The smallest absolute Gasteiger partial charge is 0.123 e. The minimum absolute atomic E-state index is 0.175. The molecular formula is C17H12BrFS. The molecule has 0 unspecified atom stereocenters. The maximum Gasteiger partial charge on any atom is 0.123 e. The van der Waals surface area contributed by atoms with E-state index in [4.69, 9.17) is 0 Å². The molecule has 3 aromatic carbocycles. The van der Waals surface area contributed by atoms with Crippen molar-refractivity contribution < 1.29 is 4.39 Å². The predicted octanol–water partition coefficient (Wildman–Crippen LogP) is 6.03. The highest BCUT2D eigenvalue weighted by atomic mass is 79.9. The third-order valence-corrected chi connectivity index (χ3v) is 4.85. The molecule has 0 amide bonds. The van der Waals surface area contributed by atoms with Gasteiger partial charge in [0.1, 0.15) is 5.82 Å². The van der Waals surface area contributed by atoms with E-state index >= 15 is 0 Å². The van der Waals surface area contributed by atoms with Crippen molar-refractivity contribution in [2.45, 2.75) is 10.6 Å². The van der Waals surface area contributed by atoms with Gasteiger partial charge in [-0.15, -0.1) is 11.8 Å². The van der Waals surface area contributed by atoms with Crippen LogP contribution in [-0.2, 0) is 5.75 Å². The highest BCUT2D eigenvalue weighted by Crippen LogP contribution is 2.29. The molecule has 3 aromatic rings. The van der Waals surface area contributed by atoms with E-state index in [-0.39, 0.29) is 5.82 Å². The third kappa shape index (κ3) is 3.05. The van der Waals surface area contributed by atoms with Crippen molar-refractivity contribution in [1.29, 1.82) is 0 Å². The Balaban J connectivity index is 1.81. The molecule has 20 heavy (non-hydrogen) atoms. The minimum atomic E-state index is -0.175. The SMILES string of the molecule is Fc1cccc(CSc2ccc3c(Br)cccc3c2)c1. The zero-order chi connectivity index (χ0) is 13.9. The first-order valence-corrected chi connectivity index (χ1v) is 8.06. The van der Waals surface area contributed by atoms with E-state index in [9.17, 15) is 4.39 Å². The Morgan fingerprint density at radius 2 is 1.80 bits per heavy atom. The molecule has 0 fully saturated rings. The van der Waals surface area contributed by atoms with Gasteiger partial charge in [0.15, 0.2) is 0 Å². The van der Waals surface area contributed by atoms with E-state index in [1.807, 2.05) is 18.2 Å². The zero-order valence-corrected chi connectivity index (χ0v) is 13.0. The van der Waals surface area contributed by atoms with Crippen LogP contribution in [0.3, 0.4) is 0 Å². The van der Waals surface area contributed by atoms with E-state index in [0.717, 1.165) is 15.8 Å². The largest absolute Gasteiger partial charge is 0.207 e. The second-order valence-electron chi connectivity index (χ2n) is 4.54. The zero-order valence-electron chi connectivity index (χ0n) is 10.6. The molecule has 0 aliphatic rings. The number of thioether (sulfide) groups is 1. The van der Waals surface area contributed by atoms with Crippen LogP contribution in [0, 0.1) is 5.82 Å². The topological polar surface area (TPSA) is 0 Å². The standard InChI is InChI=1S/C17H12BrFS/c18-17-6-2-4-13-10-15(7-8-16(13)17)20-11-12-3-1-5-14(19)9-12/h1-10H,11H2. The fourth-order valence-electron chi connectivity index (χ4n) is 2.11. The first-order valence-electron chi connectivity index (χ1n) is 6.28. The van der Waals surface area contributed by atoms with E-state index < -0.39 is 0 Å².